The first kappa shape index (κ1) is 16.2. The molecule has 0 spiro atoms. The fourth-order valence-electron chi connectivity index (χ4n) is 2.80. The third-order valence-electron chi connectivity index (χ3n) is 4.32. The first-order valence-electron chi connectivity index (χ1n) is 7.05. The van der Waals surface area contributed by atoms with E-state index in [1.54, 1.807) is 0 Å². The molecule has 1 saturated heterocycles. The summed E-state index contributed by atoms with van der Waals surface area (Å²) < 4.78 is 30.8. The molecule has 0 aromatic carbocycles. The van der Waals surface area contributed by atoms with Gasteiger partial charge in [-0.15, -0.1) is 0 Å². The second kappa shape index (κ2) is 5.92. The van der Waals surface area contributed by atoms with Crippen LogP contribution in [-0.2, 0) is 24.3 Å². The van der Waals surface area contributed by atoms with Crippen molar-refractivity contribution in [2.24, 2.45) is 11.3 Å². The molecule has 21 heavy (non-hydrogen) atoms. The lowest BCUT2D eigenvalue weighted by atomic mass is 10.0. The highest BCUT2D eigenvalue weighted by molar-refractivity contribution is 7.89. The van der Waals surface area contributed by atoms with Crippen molar-refractivity contribution in [3.05, 3.63) is 0 Å². The van der Waals surface area contributed by atoms with E-state index >= 15 is 0 Å². The van der Waals surface area contributed by atoms with E-state index in [9.17, 15) is 18.0 Å². The minimum Gasteiger partial charge on any atom is -0.481 e. The van der Waals surface area contributed by atoms with Gasteiger partial charge in [0.2, 0.25) is 10.0 Å². The number of ether oxygens (including phenoxy) is 1. The molecule has 1 heterocycles. The predicted molar refractivity (Wildman–Crippen MR) is 74.0 cm³/mol. The summed E-state index contributed by atoms with van der Waals surface area (Å²) in [7, 11) is -2.25. The lowest BCUT2D eigenvalue weighted by molar-refractivity contribution is -0.143. The van der Waals surface area contributed by atoms with E-state index in [0.717, 1.165) is 0 Å². The lowest BCUT2D eigenvalue weighted by Crippen LogP contribution is -2.44. The number of aliphatic carboxylic acids is 1. The Morgan fingerprint density at radius 3 is 2.57 bits per heavy atom. The van der Waals surface area contributed by atoms with Gasteiger partial charge in [0.1, 0.15) is 0 Å². The number of hydrogen-bond donors (Lipinski definition) is 1. The minimum atomic E-state index is -3.54. The predicted octanol–water partition coefficient (Wildman–Crippen LogP) is 0.456. The molecule has 1 N–H and O–H groups in total. The third-order valence-corrected chi connectivity index (χ3v) is 6.42. The van der Waals surface area contributed by atoms with Crippen LogP contribution in [0.1, 0.15) is 32.1 Å². The molecule has 1 unspecified atom stereocenters. The Kier molecular flexibility index (Phi) is 4.57. The molecule has 2 fully saturated rings. The van der Waals surface area contributed by atoms with Gasteiger partial charge in [0, 0.05) is 13.1 Å². The molecule has 0 radical (unpaired) electrons. The smallest absolute Gasteiger partial charge is 0.307 e. The number of hydrogen-bond acceptors (Lipinski definition) is 5. The number of sulfonamides is 1. The molecule has 8 heteroatoms. The molecule has 0 bridgehead atoms. The fraction of sp³-hybridized carbons (Fsp3) is 0.846. The summed E-state index contributed by atoms with van der Waals surface area (Å²) in [6.45, 7) is 0.395. The second-order valence-electron chi connectivity index (χ2n) is 6.04. The highest BCUT2D eigenvalue weighted by Crippen LogP contribution is 2.50. The summed E-state index contributed by atoms with van der Waals surface area (Å²) in [5.74, 6) is -2.08. The molecule has 7 nitrogen and oxygen atoms in total. The minimum absolute atomic E-state index is 0.0337. The van der Waals surface area contributed by atoms with Crippen LogP contribution in [0.3, 0.4) is 0 Å². The molecule has 0 aromatic rings. The molecule has 2 aliphatic rings. The van der Waals surface area contributed by atoms with Crippen molar-refractivity contribution in [1.82, 2.24) is 4.31 Å². The van der Waals surface area contributed by atoms with Gasteiger partial charge in [-0.1, -0.05) is 0 Å². The van der Waals surface area contributed by atoms with Crippen LogP contribution in [0, 0.1) is 11.3 Å². The number of carboxylic acids is 1. The molecule has 0 aromatic heterocycles. The second-order valence-corrected chi connectivity index (χ2v) is 8.01. The first-order chi connectivity index (χ1) is 9.78. The average Bonchev–Trinajstić information content (AvgIpc) is 3.17. The normalized spacial score (nSPS) is 25.3. The van der Waals surface area contributed by atoms with Gasteiger partial charge in [-0.3, -0.25) is 9.59 Å². The third kappa shape index (κ3) is 3.94. The summed E-state index contributed by atoms with van der Waals surface area (Å²) >= 11 is 0. The standard InChI is InChI=1S/C13H21NO6S/c1-20-11(15)7-13(4-5-13)9-21(18,19)14-6-2-3-10(8-14)12(16)17/h10H,2-9H2,1H3,(H,16,17). The topological polar surface area (TPSA) is 101 Å². The number of carboxylic acid groups (broad SMARTS) is 1. The Labute approximate surface area is 124 Å². The Morgan fingerprint density at radius 2 is 2.05 bits per heavy atom. The molecule has 1 saturated carbocycles. The summed E-state index contributed by atoms with van der Waals surface area (Å²) in [4.78, 5) is 22.4. The maximum Gasteiger partial charge on any atom is 0.307 e. The number of piperidine rings is 1. The highest BCUT2D eigenvalue weighted by Gasteiger charge is 2.49. The average molecular weight is 319 g/mol. The zero-order valence-electron chi connectivity index (χ0n) is 12.1. The Bertz CT molecular complexity index is 525. The van der Waals surface area contributed by atoms with E-state index in [4.69, 9.17) is 5.11 Å². The van der Waals surface area contributed by atoms with E-state index in [-0.39, 0.29) is 18.7 Å². The SMILES string of the molecule is COC(=O)CC1(CS(=O)(=O)N2CCCC(C(=O)O)C2)CC1. The highest BCUT2D eigenvalue weighted by atomic mass is 32.2. The Balaban J connectivity index is 2.01. The Hall–Kier alpha value is -1.15. The fourth-order valence-corrected chi connectivity index (χ4v) is 4.96. The van der Waals surface area contributed by atoms with Crippen LogP contribution in [0.5, 0.6) is 0 Å². The van der Waals surface area contributed by atoms with Crippen LogP contribution in [-0.4, -0.2) is 55.7 Å². The van der Waals surface area contributed by atoms with E-state index in [1.807, 2.05) is 0 Å². The number of nitrogens with zero attached hydrogens (tertiary/aromatic N) is 1. The first-order valence-corrected chi connectivity index (χ1v) is 8.66. The van der Waals surface area contributed by atoms with E-state index < -0.39 is 33.3 Å². The molecular formula is C13H21NO6S. The van der Waals surface area contributed by atoms with Crippen LogP contribution >= 0.6 is 0 Å². The van der Waals surface area contributed by atoms with Gasteiger partial charge in [0.05, 0.1) is 25.2 Å². The zero-order valence-corrected chi connectivity index (χ0v) is 12.9. The van der Waals surface area contributed by atoms with E-state index in [1.165, 1.54) is 11.4 Å². The van der Waals surface area contributed by atoms with Gasteiger partial charge in [-0.2, -0.15) is 0 Å². The molecular weight excluding hydrogens is 298 g/mol. The zero-order chi connectivity index (χ0) is 15.7. The van der Waals surface area contributed by atoms with E-state index in [2.05, 4.69) is 4.74 Å². The summed E-state index contributed by atoms with van der Waals surface area (Å²) in [5.41, 5.74) is -0.512. The number of rotatable bonds is 6. The van der Waals surface area contributed by atoms with Crippen molar-refractivity contribution in [2.75, 3.05) is 26.0 Å². The van der Waals surface area contributed by atoms with E-state index in [0.29, 0.717) is 32.2 Å². The maximum atomic E-state index is 12.5. The van der Waals surface area contributed by atoms with Crippen LogP contribution < -0.4 is 0 Å². The molecule has 1 aliphatic heterocycles. The van der Waals surface area contributed by atoms with Gasteiger partial charge in [-0.25, -0.2) is 12.7 Å². The number of esters is 1. The molecule has 120 valence electrons. The Morgan fingerprint density at radius 1 is 1.38 bits per heavy atom. The van der Waals surface area contributed by atoms with Crippen LogP contribution in [0.25, 0.3) is 0 Å². The van der Waals surface area contributed by atoms with Crippen molar-refractivity contribution in [3.63, 3.8) is 0 Å². The maximum absolute atomic E-state index is 12.5. The summed E-state index contributed by atoms with van der Waals surface area (Å²) in [5, 5.41) is 9.03. The van der Waals surface area contributed by atoms with Crippen molar-refractivity contribution in [2.45, 2.75) is 32.1 Å². The monoisotopic (exact) mass is 319 g/mol. The van der Waals surface area contributed by atoms with Crippen molar-refractivity contribution in [1.29, 1.82) is 0 Å². The number of carbonyl (C=O) groups excluding carboxylic acids is 1. The molecule has 0 amide bonds. The number of carbonyl (C=O) groups is 2. The molecule has 1 aliphatic carbocycles. The van der Waals surface area contributed by atoms with Crippen molar-refractivity contribution >= 4 is 22.0 Å². The number of methoxy groups -OCH3 is 1. The summed E-state index contributed by atoms with van der Waals surface area (Å²) in [6, 6.07) is 0. The van der Waals surface area contributed by atoms with Gasteiger partial charge in [-0.05, 0) is 31.1 Å². The molecule has 1 atom stereocenters. The van der Waals surface area contributed by atoms with Gasteiger partial charge in [0.25, 0.3) is 0 Å². The quantitative estimate of drug-likeness (QED) is 0.714. The van der Waals surface area contributed by atoms with Crippen LogP contribution in [0.2, 0.25) is 0 Å². The van der Waals surface area contributed by atoms with Crippen molar-refractivity contribution in [3.8, 4) is 0 Å². The molecule has 2 rings (SSSR count). The van der Waals surface area contributed by atoms with Crippen LogP contribution in [0.15, 0.2) is 0 Å². The largest absolute Gasteiger partial charge is 0.481 e. The lowest BCUT2D eigenvalue weighted by Gasteiger charge is -2.31. The van der Waals surface area contributed by atoms with Crippen LogP contribution in [0.4, 0.5) is 0 Å². The van der Waals surface area contributed by atoms with Gasteiger partial charge >= 0.3 is 11.9 Å². The van der Waals surface area contributed by atoms with Crippen molar-refractivity contribution < 1.29 is 27.9 Å². The van der Waals surface area contributed by atoms with Gasteiger partial charge in [0.15, 0.2) is 0 Å². The van der Waals surface area contributed by atoms with Gasteiger partial charge < -0.3 is 9.84 Å². The summed E-state index contributed by atoms with van der Waals surface area (Å²) in [6.07, 6.45) is 2.56.